The summed E-state index contributed by atoms with van der Waals surface area (Å²) in [5, 5.41) is 11.5. The van der Waals surface area contributed by atoms with E-state index in [1.54, 1.807) is 0 Å². The zero-order valence-corrected chi connectivity index (χ0v) is 22.7. The highest BCUT2D eigenvalue weighted by Crippen LogP contribution is 2.36. The lowest BCUT2D eigenvalue weighted by Gasteiger charge is -2.29. The monoisotopic (exact) mass is 578 g/mol. The molecule has 1 saturated heterocycles. The first kappa shape index (κ1) is 28.0. The molecule has 0 radical (unpaired) electrons. The van der Waals surface area contributed by atoms with Crippen LogP contribution in [-0.4, -0.2) is 62.7 Å². The van der Waals surface area contributed by atoms with Crippen molar-refractivity contribution in [1.82, 2.24) is 19.1 Å². The lowest BCUT2D eigenvalue weighted by Crippen LogP contribution is -2.36. The van der Waals surface area contributed by atoms with Gasteiger partial charge >= 0.3 is 12.1 Å². The number of nitrogens with zero attached hydrogens (tertiary/aromatic N) is 5. The molecule has 2 aromatic carbocycles. The van der Waals surface area contributed by atoms with Crippen LogP contribution in [0.4, 0.5) is 24.5 Å². The van der Waals surface area contributed by atoms with Gasteiger partial charge in [0, 0.05) is 36.9 Å². The Labute approximate surface area is 233 Å². The molecule has 1 aliphatic heterocycles. The van der Waals surface area contributed by atoms with E-state index in [0.717, 1.165) is 54.4 Å². The third-order valence-electron chi connectivity index (χ3n) is 7.37. The maximum atomic E-state index is 10.6. The minimum atomic E-state index is -5.08. The summed E-state index contributed by atoms with van der Waals surface area (Å²) in [4.78, 5) is 21.0. The Kier molecular flexibility index (Phi) is 8.09. The average molecular weight is 579 g/mol. The summed E-state index contributed by atoms with van der Waals surface area (Å²) < 4.78 is 41.8. The number of halogens is 4. The van der Waals surface area contributed by atoms with Crippen LogP contribution in [0.2, 0.25) is 5.02 Å². The van der Waals surface area contributed by atoms with E-state index in [4.69, 9.17) is 36.2 Å². The van der Waals surface area contributed by atoms with Gasteiger partial charge in [-0.2, -0.15) is 13.2 Å². The predicted octanol–water partition coefficient (Wildman–Crippen LogP) is 5.77. The molecule has 2 fully saturated rings. The first-order valence-electron chi connectivity index (χ1n) is 13.1. The number of imidazole rings is 2. The number of benzene rings is 2. The largest absolute Gasteiger partial charge is 0.490 e. The lowest BCUT2D eigenvalue weighted by molar-refractivity contribution is -0.192. The first-order chi connectivity index (χ1) is 19.1. The highest BCUT2D eigenvalue weighted by Gasteiger charge is 2.38. The molecule has 2 aromatic heterocycles. The van der Waals surface area contributed by atoms with Crippen molar-refractivity contribution in [3.05, 3.63) is 47.5 Å². The summed E-state index contributed by atoms with van der Waals surface area (Å²) >= 11 is 6.18. The molecule has 214 valence electrons. The SMILES string of the molecule is Cn1c(CNc2cc(N3CCOCC3)cc3c2ncn3C2CCCC2)nc2cc(Cl)ccc21.O=C(O)C(F)(F)F. The fourth-order valence-electron chi connectivity index (χ4n) is 5.29. The van der Waals surface area contributed by atoms with Gasteiger partial charge in [-0.1, -0.05) is 24.4 Å². The number of aromatic nitrogens is 4. The zero-order chi connectivity index (χ0) is 28.4. The number of morpholine rings is 1. The standard InChI is InChI=1S/C25H29ClN6O.C2HF3O2/c1-30-22-7-6-17(26)12-20(22)29-24(30)15-27-21-13-19(31-8-10-33-11-9-31)14-23-25(21)28-16-32(23)18-4-2-3-5-18;3-2(4,5)1(6)7/h6-7,12-14,16,18,27H,2-5,8-11,15H2,1H3;(H,6,7). The number of rotatable bonds is 5. The second-order valence-electron chi connectivity index (χ2n) is 9.93. The van der Waals surface area contributed by atoms with Crippen LogP contribution in [0.15, 0.2) is 36.7 Å². The van der Waals surface area contributed by atoms with Gasteiger partial charge in [-0.3, -0.25) is 0 Å². The second kappa shape index (κ2) is 11.5. The molecule has 2 N–H and O–H groups in total. The quantitative estimate of drug-likeness (QED) is 0.310. The Morgan fingerprint density at radius 2 is 1.85 bits per heavy atom. The molecule has 6 rings (SSSR count). The molecule has 0 atom stereocenters. The van der Waals surface area contributed by atoms with Crippen LogP contribution in [-0.2, 0) is 23.1 Å². The van der Waals surface area contributed by atoms with E-state index in [9.17, 15) is 13.2 Å². The smallest absolute Gasteiger partial charge is 0.475 e. The number of hydrogen-bond donors (Lipinski definition) is 2. The van der Waals surface area contributed by atoms with E-state index in [1.807, 2.05) is 24.5 Å². The van der Waals surface area contributed by atoms with Crippen LogP contribution in [0.5, 0.6) is 0 Å². The van der Waals surface area contributed by atoms with Crippen LogP contribution in [0.25, 0.3) is 22.1 Å². The zero-order valence-electron chi connectivity index (χ0n) is 21.9. The van der Waals surface area contributed by atoms with Crippen LogP contribution in [0.3, 0.4) is 0 Å². The summed E-state index contributed by atoms with van der Waals surface area (Å²) in [6.07, 6.45) is 2.02. The summed E-state index contributed by atoms with van der Waals surface area (Å²) in [5.74, 6) is -1.79. The van der Waals surface area contributed by atoms with Gasteiger partial charge in [-0.25, -0.2) is 14.8 Å². The van der Waals surface area contributed by atoms with Crippen LogP contribution >= 0.6 is 11.6 Å². The number of fused-ring (bicyclic) bond motifs is 2. The number of anilines is 2. The molecule has 0 bridgehead atoms. The van der Waals surface area contributed by atoms with Gasteiger partial charge in [0.05, 0.1) is 48.3 Å². The third kappa shape index (κ3) is 5.97. The molecule has 13 heteroatoms. The molecular formula is C27H30ClF3N6O3. The normalized spacial score (nSPS) is 16.4. The van der Waals surface area contributed by atoms with E-state index >= 15 is 0 Å². The molecule has 0 spiro atoms. The van der Waals surface area contributed by atoms with Gasteiger partial charge in [0.1, 0.15) is 11.3 Å². The van der Waals surface area contributed by atoms with Gasteiger partial charge in [0.15, 0.2) is 0 Å². The number of aryl methyl sites for hydroxylation is 1. The van der Waals surface area contributed by atoms with Crippen molar-refractivity contribution in [2.75, 3.05) is 36.5 Å². The van der Waals surface area contributed by atoms with E-state index in [2.05, 4.69) is 38.5 Å². The van der Waals surface area contributed by atoms with E-state index in [0.29, 0.717) is 17.6 Å². The number of hydrogen-bond acceptors (Lipinski definition) is 6. The molecule has 1 saturated carbocycles. The fourth-order valence-corrected chi connectivity index (χ4v) is 5.45. The van der Waals surface area contributed by atoms with Crippen molar-refractivity contribution < 1.29 is 27.8 Å². The van der Waals surface area contributed by atoms with Crippen molar-refractivity contribution in [2.24, 2.45) is 7.05 Å². The van der Waals surface area contributed by atoms with Gasteiger partial charge in [-0.05, 0) is 43.2 Å². The Hall–Kier alpha value is -3.51. The van der Waals surface area contributed by atoms with Gasteiger partial charge in [-0.15, -0.1) is 0 Å². The molecule has 1 aliphatic carbocycles. The second-order valence-corrected chi connectivity index (χ2v) is 10.4. The van der Waals surface area contributed by atoms with Gasteiger partial charge in [0.2, 0.25) is 0 Å². The summed E-state index contributed by atoms with van der Waals surface area (Å²) in [6.45, 7) is 3.97. The number of carboxylic acids is 1. The van der Waals surface area contributed by atoms with Crippen molar-refractivity contribution in [1.29, 1.82) is 0 Å². The number of carbonyl (C=O) groups is 1. The highest BCUT2D eigenvalue weighted by atomic mass is 35.5. The number of aliphatic carboxylic acids is 1. The molecule has 9 nitrogen and oxygen atoms in total. The van der Waals surface area contributed by atoms with Crippen LogP contribution in [0.1, 0.15) is 37.5 Å². The number of nitrogens with one attached hydrogen (secondary N) is 1. The van der Waals surface area contributed by atoms with E-state index < -0.39 is 12.1 Å². The molecule has 0 unspecified atom stereocenters. The molecule has 0 amide bonds. The van der Waals surface area contributed by atoms with Crippen LogP contribution < -0.4 is 10.2 Å². The van der Waals surface area contributed by atoms with Crippen molar-refractivity contribution in [3.8, 4) is 0 Å². The topological polar surface area (TPSA) is 97.4 Å². The maximum Gasteiger partial charge on any atom is 0.490 e. The Bertz CT molecular complexity index is 1510. The van der Waals surface area contributed by atoms with Gasteiger partial charge in [0.25, 0.3) is 0 Å². The lowest BCUT2D eigenvalue weighted by atomic mass is 10.2. The van der Waals surface area contributed by atoms with E-state index in [-0.39, 0.29) is 0 Å². The third-order valence-corrected chi connectivity index (χ3v) is 7.61. The molecule has 4 aromatic rings. The van der Waals surface area contributed by atoms with Crippen molar-refractivity contribution in [3.63, 3.8) is 0 Å². The Balaban J connectivity index is 0.000000411. The predicted molar refractivity (Wildman–Crippen MR) is 147 cm³/mol. The maximum absolute atomic E-state index is 10.6. The summed E-state index contributed by atoms with van der Waals surface area (Å²) in [7, 11) is 2.05. The van der Waals surface area contributed by atoms with Gasteiger partial charge < -0.3 is 29.2 Å². The molecular weight excluding hydrogens is 549 g/mol. The fraction of sp³-hybridized carbons (Fsp3) is 0.444. The minimum absolute atomic E-state index is 0.548. The first-order valence-corrected chi connectivity index (χ1v) is 13.5. The highest BCUT2D eigenvalue weighted by molar-refractivity contribution is 6.31. The van der Waals surface area contributed by atoms with Crippen LogP contribution in [0, 0.1) is 0 Å². The molecule has 3 heterocycles. The Morgan fingerprint density at radius 1 is 1.15 bits per heavy atom. The molecule has 2 aliphatic rings. The Morgan fingerprint density at radius 3 is 2.52 bits per heavy atom. The summed E-state index contributed by atoms with van der Waals surface area (Å²) in [5.41, 5.74) is 6.51. The summed E-state index contributed by atoms with van der Waals surface area (Å²) in [6, 6.07) is 10.9. The van der Waals surface area contributed by atoms with E-state index in [1.165, 1.54) is 36.9 Å². The minimum Gasteiger partial charge on any atom is -0.475 e. The van der Waals surface area contributed by atoms with Crippen molar-refractivity contribution >= 4 is 51.0 Å². The number of ether oxygens (including phenoxy) is 1. The number of carboxylic acid groups (broad SMARTS) is 1. The number of alkyl halides is 3. The van der Waals surface area contributed by atoms with Crippen molar-refractivity contribution in [2.45, 2.75) is 44.4 Å². The average Bonchev–Trinajstić information content (AvgIpc) is 3.67. The molecule has 40 heavy (non-hydrogen) atoms.